The molecule has 13 rings (SSSR count). The Labute approximate surface area is 364 Å². The van der Waals surface area contributed by atoms with Crippen molar-refractivity contribution in [1.29, 1.82) is 0 Å². The van der Waals surface area contributed by atoms with Gasteiger partial charge in [-0.3, -0.25) is 9.97 Å². The summed E-state index contributed by atoms with van der Waals surface area (Å²) in [5.41, 5.74) is 21.3. The molecule has 0 atom stereocenters. The van der Waals surface area contributed by atoms with Gasteiger partial charge in [0.1, 0.15) is 0 Å². The summed E-state index contributed by atoms with van der Waals surface area (Å²) in [6, 6.07) is 75.0. The second-order valence-electron chi connectivity index (χ2n) is 16.5. The lowest BCUT2D eigenvalue weighted by molar-refractivity contribution is 1.17. The molecule has 12 aromatic rings. The van der Waals surface area contributed by atoms with Gasteiger partial charge in [0.05, 0.1) is 33.5 Å². The molecule has 1 aliphatic carbocycles. The fraction of sp³-hybridized carbons (Fsp3) is 0.0169. The lowest BCUT2D eigenvalue weighted by Gasteiger charge is -2.13. The van der Waals surface area contributed by atoms with Crippen molar-refractivity contribution >= 4 is 43.6 Å². The Hall–Kier alpha value is -8.34. The molecule has 4 aromatic heterocycles. The first-order chi connectivity index (χ1) is 31.2. The second-order valence-corrected chi connectivity index (χ2v) is 16.5. The van der Waals surface area contributed by atoms with Crippen molar-refractivity contribution in [2.24, 2.45) is 0 Å². The molecule has 0 amide bonds. The lowest BCUT2D eigenvalue weighted by Crippen LogP contribution is -1.96. The molecule has 294 valence electrons. The number of rotatable bonds is 6. The first-order valence-corrected chi connectivity index (χ1v) is 21.6. The van der Waals surface area contributed by atoms with Gasteiger partial charge in [0, 0.05) is 56.4 Å². The molecule has 0 fully saturated rings. The van der Waals surface area contributed by atoms with Crippen molar-refractivity contribution in [3.63, 3.8) is 0 Å². The van der Waals surface area contributed by atoms with Crippen LogP contribution in [0.2, 0.25) is 0 Å². The predicted molar refractivity (Wildman–Crippen MR) is 261 cm³/mol. The fourth-order valence-corrected chi connectivity index (χ4v) is 10.2. The number of aromatic nitrogens is 4. The van der Waals surface area contributed by atoms with Crippen molar-refractivity contribution in [1.82, 2.24) is 19.1 Å². The van der Waals surface area contributed by atoms with E-state index in [1.54, 1.807) is 0 Å². The summed E-state index contributed by atoms with van der Waals surface area (Å²) in [6.07, 6.45) is 4.65. The fourth-order valence-electron chi connectivity index (χ4n) is 10.2. The van der Waals surface area contributed by atoms with E-state index >= 15 is 0 Å². The molecule has 4 heterocycles. The third kappa shape index (κ3) is 5.62. The van der Waals surface area contributed by atoms with E-state index in [9.17, 15) is 0 Å². The van der Waals surface area contributed by atoms with Crippen LogP contribution in [0.25, 0.3) is 111 Å². The first kappa shape index (κ1) is 35.4. The maximum absolute atomic E-state index is 4.70. The van der Waals surface area contributed by atoms with E-state index in [1.165, 1.54) is 88.1 Å². The Morgan fingerprint density at radius 1 is 0.302 bits per heavy atom. The zero-order valence-corrected chi connectivity index (χ0v) is 34.3. The molecule has 8 aromatic carbocycles. The normalized spacial score (nSPS) is 12.1. The van der Waals surface area contributed by atoms with Crippen molar-refractivity contribution in [2.45, 2.75) is 6.42 Å². The van der Waals surface area contributed by atoms with Crippen LogP contribution in [0.3, 0.4) is 0 Å². The molecule has 4 heteroatoms. The number of nitrogens with zero attached hydrogens (tertiary/aromatic N) is 4. The summed E-state index contributed by atoms with van der Waals surface area (Å²) >= 11 is 0. The minimum Gasteiger partial charge on any atom is -0.309 e. The average Bonchev–Trinajstić information content (AvgIpc) is 4.01. The van der Waals surface area contributed by atoms with Gasteiger partial charge in [-0.1, -0.05) is 121 Å². The maximum Gasteiger partial charge on any atom is 0.0708 e. The van der Waals surface area contributed by atoms with Crippen LogP contribution in [0, 0.1) is 0 Å². The molecule has 0 spiro atoms. The van der Waals surface area contributed by atoms with Gasteiger partial charge in [0.15, 0.2) is 0 Å². The van der Waals surface area contributed by atoms with E-state index < -0.39 is 0 Å². The van der Waals surface area contributed by atoms with Gasteiger partial charge in [0.25, 0.3) is 0 Å². The van der Waals surface area contributed by atoms with Gasteiger partial charge in [0.2, 0.25) is 0 Å². The molecule has 0 aliphatic heterocycles. The van der Waals surface area contributed by atoms with Crippen LogP contribution >= 0.6 is 0 Å². The Kier molecular flexibility index (Phi) is 7.94. The minimum atomic E-state index is 0.920. The zero-order chi connectivity index (χ0) is 41.4. The lowest BCUT2D eigenvalue weighted by atomic mass is 9.96. The van der Waals surface area contributed by atoms with Gasteiger partial charge >= 0.3 is 0 Å². The van der Waals surface area contributed by atoms with E-state index in [-0.39, 0.29) is 0 Å². The first-order valence-electron chi connectivity index (χ1n) is 21.6. The molecule has 1 aliphatic rings. The molecule has 0 radical (unpaired) electrons. The topological polar surface area (TPSA) is 35.6 Å². The summed E-state index contributed by atoms with van der Waals surface area (Å²) in [5, 5.41) is 4.94. The number of hydrogen-bond donors (Lipinski definition) is 0. The third-order valence-corrected chi connectivity index (χ3v) is 13.1. The van der Waals surface area contributed by atoms with Crippen LogP contribution in [0.5, 0.6) is 0 Å². The molecule has 0 unspecified atom stereocenters. The Morgan fingerprint density at radius 3 is 1.17 bits per heavy atom. The van der Waals surface area contributed by atoms with Crippen molar-refractivity contribution < 1.29 is 0 Å². The smallest absolute Gasteiger partial charge is 0.0708 e. The summed E-state index contributed by atoms with van der Waals surface area (Å²) in [4.78, 5) is 9.40. The van der Waals surface area contributed by atoms with E-state index in [0.29, 0.717) is 0 Å². The van der Waals surface area contributed by atoms with Crippen molar-refractivity contribution in [3.05, 3.63) is 230 Å². The van der Waals surface area contributed by atoms with Gasteiger partial charge in [-0.25, -0.2) is 0 Å². The molecule has 0 N–H and O–H groups in total. The standard InChI is InChI=1S/C59H38N4/c1-3-15-46(54-19-9-11-31-60-54)44(13-1)40-25-29-58-52(34-40)48-17-5-7-21-56(48)62(58)42-27-23-38-33-39-24-28-43(37-51(39)50(38)36-42)63-57-22-8-6-18-49(57)53-35-41(26-30-59(53)63)45-14-2-4-16-47(45)55-20-10-12-32-61-55/h1-32,34-37H,33H2. The Bertz CT molecular complexity index is 3520. The van der Waals surface area contributed by atoms with Crippen LogP contribution in [0.4, 0.5) is 0 Å². The summed E-state index contributed by atoms with van der Waals surface area (Å²) in [6.45, 7) is 0. The molecule has 4 nitrogen and oxygen atoms in total. The summed E-state index contributed by atoms with van der Waals surface area (Å²) in [7, 11) is 0. The molecule has 63 heavy (non-hydrogen) atoms. The van der Waals surface area contributed by atoms with Crippen LogP contribution in [0.1, 0.15) is 11.1 Å². The molecule has 0 bridgehead atoms. The number of hydrogen-bond acceptors (Lipinski definition) is 2. The second kappa shape index (κ2) is 14.1. The van der Waals surface area contributed by atoms with Crippen LogP contribution < -0.4 is 0 Å². The van der Waals surface area contributed by atoms with Gasteiger partial charge < -0.3 is 9.13 Å². The monoisotopic (exact) mass is 802 g/mol. The van der Waals surface area contributed by atoms with Gasteiger partial charge in [-0.2, -0.15) is 0 Å². The summed E-state index contributed by atoms with van der Waals surface area (Å²) in [5.74, 6) is 0. The molecule has 0 saturated heterocycles. The van der Waals surface area contributed by atoms with E-state index in [4.69, 9.17) is 9.97 Å². The Balaban J connectivity index is 0.927. The minimum absolute atomic E-state index is 0.920. The highest BCUT2D eigenvalue weighted by Gasteiger charge is 2.23. The van der Waals surface area contributed by atoms with Crippen molar-refractivity contribution in [3.8, 4) is 67.3 Å². The number of pyridine rings is 2. The van der Waals surface area contributed by atoms with Gasteiger partial charge in [-0.15, -0.1) is 0 Å². The van der Waals surface area contributed by atoms with E-state index in [1.807, 2.05) is 24.5 Å². The average molecular weight is 803 g/mol. The third-order valence-electron chi connectivity index (χ3n) is 13.1. The highest BCUT2D eigenvalue weighted by Crippen LogP contribution is 2.44. The van der Waals surface area contributed by atoms with Crippen molar-refractivity contribution in [2.75, 3.05) is 0 Å². The highest BCUT2D eigenvalue weighted by molar-refractivity contribution is 6.12. The zero-order valence-electron chi connectivity index (χ0n) is 34.3. The SMILES string of the molecule is c1ccc(-c2ccccc2-c2ccc3c(c2)c2ccccc2n3-c2ccc3c(c2)-c2cc(-n4c5ccccc5c5cc(-c6ccccc6-c6ccccn6)ccc54)ccc2C3)nc1. The van der Waals surface area contributed by atoms with E-state index in [0.717, 1.165) is 40.3 Å². The highest BCUT2D eigenvalue weighted by atomic mass is 15.0. The number of para-hydroxylation sites is 2. The quantitative estimate of drug-likeness (QED) is 0.168. The van der Waals surface area contributed by atoms with Gasteiger partial charge in [-0.05, 0) is 136 Å². The number of fused-ring (bicyclic) bond motifs is 9. The van der Waals surface area contributed by atoms with E-state index in [2.05, 4.69) is 203 Å². The number of benzene rings is 8. The molecular formula is C59H38N4. The largest absolute Gasteiger partial charge is 0.309 e. The van der Waals surface area contributed by atoms with Crippen LogP contribution in [-0.2, 0) is 6.42 Å². The predicted octanol–water partition coefficient (Wildman–Crippen LogP) is 14.9. The molecule has 0 saturated carbocycles. The molecular weight excluding hydrogens is 765 g/mol. The summed E-state index contributed by atoms with van der Waals surface area (Å²) < 4.78 is 4.88. The van der Waals surface area contributed by atoms with Crippen LogP contribution in [-0.4, -0.2) is 19.1 Å². The van der Waals surface area contributed by atoms with Crippen LogP contribution in [0.15, 0.2) is 219 Å². The Morgan fingerprint density at radius 2 is 0.714 bits per heavy atom. The maximum atomic E-state index is 4.70.